The summed E-state index contributed by atoms with van der Waals surface area (Å²) in [5, 5.41) is 0. The molecule has 0 amide bonds. The third-order valence-corrected chi connectivity index (χ3v) is 4.29. The van der Waals surface area contributed by atoms with Crippen LogP contribution < -0.4 is 0 Å². The van der Waals surface area contributed by atoms with Crippen LogP contribution in [0.1, 0.15) is 52.4 Å². The molecular weight excluding hydrogens is 448 g/mol. The summed E-state index contributed by atoms with van der Waals surface area (Å²) in [5.74, 6) is -0.929. The van der Waals surface area contributed by atoms with Crippen molar-refractivity contribution in [3.05, 3.63) is 0 Å². The summed E-state index contributed by atoms with van der Waals surface area (Å²) < 4.78 is 42.1. The summed E-state index contributed by atoms with van der Waals surface area (Å²) in [7, 11) is 0. The first-order valence-electron chi connectivity index (χ1n) is 12.5. The quantitative estimate of drug-likeness (QED) is 0.125. The zero-order valence-corrected chi connectivity index (χ0v) is 21.2. The van der Waals surface area contributed by atoms with Gasteiger partial charge >= 0.3 is 11.9 Å². The Hall–Kier alpha value is -1.30. The molecule has 0 unspecified atom stereocenters. The molecule has 202 valence electrons. The lowest BCUT2D eigenvalue weighted by molar-refractivity contribution is -0.152. The van der Waals surface area contributed by atoms with E-state index in [0.29, 0.717) is 52.9 Å². The van der Waals surface area contributed by atoms with Gasteiger partial charge in [-0.3, -0.25) is 9.59 Å². The van der Waals surface area contributed by atoms with Gasteiger partial charge in [-0.15, -0.1) is 0 Å². The fourth-order valence-electron chi connectivity index (χ4n) is 2.35. The highest BCUT2D eigenvalue weighted by atomic mass is 16.6. The summed E-state index contributed by atoms with van der Waals surface area (Å²) in [6.45, 7) is 10.6. The second kappa shape index (κ2) is 27.9. The average Bonchev–Trinajstić information content (AvgIpc) is 2.84. The fourth-order valence-corrected chi connectivity index (χ4v) is 2.35. The van der Waals surface area contributed by atoms with Crippen LogP contribution in [-0.2, 0) is 47.5 Å². The van der Waals surface area contributed by atoms with Crippen molar-refractivity contribution < 1.29 is 47.5 Å². The largest absolute Gasteiger partial charge is 0.463 e. The molecule has 10 heteroatoms. The van der Waals surface area contributed by atoms with E-state index in [1.54, 1.807) is 0 Å². The highest BCUT2D eigenvalue weighted by Gasteiger charge is 2.09. The van der Waals surface area contributed by atoms with Gasteiger partial charge in [-0.2, -0.15) is 0 Å². The van der Waals surface area contributed by atoms with E-state index in [9.17, 15) is 9.59 Å². The van der Waals surface area contributed by atoms with Gasteiger partial charge in [-0.05, 0) is 12.8 Å². The number of carbonyl (C=O) groups is 2. The van der Waals surface area contributed by atoms with Gasteiger partial charge in [-0.25, -0.2) is 0 Å². The van der Waals surface area contributed by atoms with Crippen LogP contribution in [0.5, 0.6) is 0 Å². The van der Waals surface area contributed by atoms with Crippen LogP contribution in [-0.4, -0.2) is 104 Å². The molecule has 0 rings (SSSR count). The van der Waals surface area contributed by atoms with Crippen LogP contribution >= 0.6 is 0 Å². The molecule has 0 bridgehead atoms. The van der Waals surface area contributed by atoms with E-state index in [2.05, 4.69) is 13.8 Å². The highest BCUT2D eigenvalue weighted by molar-refractivity contribution is 5.77. The molecule has 0 aromatic heterocycles. The molecule has 0 aliphatic rings. The second-order valence-electron chi connectivity index (χ2n) is 7.32. The topological polar surface area (TPSA) is 108 Å². The van der Waals surface area contributed by atoms with Crippen LogP contribution in [0.15, 0.2) is 0 Å². The van der Waals surface area contributed by atoms with Gasteiger partial charge < -0.3 is 37.9 Å². The van der Waals surface area contributed by atoms with Gasteiger partial charge in [-0.1, -0.05) is 26.7 Å². The Labute approximate surface area is 204 Å². The molecule has 0 aromatic rings. The fraction of sp³-hybridized carbons (Fsp3) is 0.917. The maximum Gasteiger partial charge on any atom is 0.306 e. The Kier molecular flexibility index (Phi) is 26.9. The van der Waals surface area contributed by atoms with Gasteiger partial charge in [0.2, 0.25) is 0 Å². The van der Waals surface area contributed by atoms with E-state index in [4.69, 9.17) is 37.9 Å². The lowest BCUT2D eigenvalue weighted by Crippen LogP contribution is -2.16. The second-order valence-corrected chi connectivity index (χ2v) is 7.32. The SMILES string of the molecule is CCCCOCCOCCOCCOC(=O)CCC(=O)OCCOCCOCCOCCCC. The number of unbranched alkanes of at least 4 members (excludes halogenated alkanes) is 2. The molecule has 0 atom stereocenters. The van der Waals surface area contributed by atoms with Crippen molar-refractivity contribution in [2.45, 2.75) is 52.4 Å². The maximum absolute atomic E-state index is 11.6. The summed E-state index contributed by atoms with van der Waals surface area (Å²) in [6, 6.07) is 0. The molecule has 34 heavy (non-hydrogen) atoms. The number of hydrogen-bond donors (Lipinski definition) is 0. The first kappa shape index (κ1) is 32.7. The van der Waals surface area contributed by atoms with E-state index in [-0.39, 0.29) is 39.3 Å². The molecule has 0 saturated heterocycles. The normalized spacial score (nSPS) is 11.0. The van der Waals surface area contributed by atoms with Gasteiger partial charge in [0.05, 0.1) is 78.9 Å². The van der Waals surface area contributed by atoms with Gasteiger partial charge in [0.15, 0.2) is 0 Å². The van der Waals surface area contributed by atoms with E-state index < -0.39 is 11.9 Å². The number of esters is 2. The molecule has 0 fully saturated rings. The molecule has 0 N–H and O–H groups in total. The smallest absolute Gasteiger partial charge is 0.306 e. The van der Waals surface area contributed by atoms with E-state index >= 15 is 0 Å². The van der Waals surface area contributed by atoms with Gasteiger partial charge in [0.1, 0.15) is 13.2 Å². The third kappa shape index (κ3) is 26.9. The number of hydrogen-bond acceptors (Lipinski definition) is 10. The summed E-state index contributed by atoms with van der Waals surface area (Å²) >= 11 is 0. The summed E-state index contributed by atoms with van der Waals surface area (Å²) in [4.78, 5) is 23.3. The first-order valence-corrected chi connectivity index (χ1v) is 12.5. The number of ether oxygens (including phenoxy) is 8. The van der Waals surface area contributed by atoms with Crippen LogP contribution in [0.25, 0.3) is 0 Å². The Bertz CT molecular complexity index is 407. The Morgan fingerprint density at radius 1 is 0.412 bits per heavy atom. The van der Waals surface area contributed by atoms with Gasteiger partial charge in [0, 0.05) is 13.2 Å². The predicted octanol–water partition coefficient (Wildman–Crippen LogP) is 2.55. The maximum atomic E-state index is 11.6. The molecule has 0 aliphatic carbocycles. The molecule has 0 aromatic carbocycles. The minimum atomic E-state index is -0.465. The van der Waals surface area contributed by atoms with Crippen molar-refractivity contribution in [1.29, 1.82) is 0 Å². The van der Waals surface area contributed by atoms with Crippen molar-refractivity contribution >= 4 is 11.9 Å². The Morgan fingerprint density at radius 3 is 0.971 bits per heavy atom. The van der Waals surface area contributed by atoms with E-state index in [1.807, 2.05) is 0 Å². The molecular formula is C24H46O10. The lowest BCUT2D eigenvalue weighted by atomic mass is 10.3. The lowest BCUT2D eigenvalue weighted by Gasteiger charge is -2.08. The van der Waals surface area contributed by atoms with Crippen molar-refractivity contribution in [3.63, 3.8) is 0 Å². The molecule has 0 saturated carbocycles. The van der Waals surface area contributed by atoms with Crippen LogP contribution in [0.3, 0.4) is 0 Å². The van der Waals surface area contributed by atoms with E-state index in [1.165, 1.54) is 0 Å². The van der Waals surface area contributed by atoms with E-state index in [0.717, 1.165) is 38.9 Å². The van der Waals surface area contributed by atoms with Gasteiger partial charge in [0.25, 0.3) is 0 Å². The third-order valence-electron chi connectivity index (χ3n) is 4.29. The minimum absolute atomic E-state index is 0.0327. The monoisotopic (exact) mass is 494 g/mol. The average molecular weight is 495 g/mol. The van der Waals surface area contributed by atoms with Crippen LogP contribution in [0.4, 0.5) is 0 Å². The standard InChI is InChI=1S/C24H46O10/c1-3-5-9-27-11-13-29-15-17-31-19-21-33-23(25)7-8-24(26)34-22-20-32-18-16-30-14-12-28-10-6-4-2/h3-22H2,1-2H3. The molecule has 0 aliphatic heterocycles. The zero-order valence-electron chi connectivity index (χ0n) is 21.2. The van der Waals surface area contributed by atoms with Crippen molar-refractivity contribution in [2.75, 3.05) is 92.5 Å². The first-order chi connectivity index (χ1) is 16.7. The zero-order chi connectivity index (χ0) is 25.0. The predicted molar refractivity (Wildman–Crippen MR) is 126 cm³/mol. The number of rotatable bonds is 27. The van der Waals surface area contributed by atoms with Crippen molar-refractivity contribution in [3.8, 4) is 0 Å². The number of carbonyl (C=O) groups excluding carboxylic acids is 2. The minimum Gasteiger partial charge on any atom is -0.463 e. The highest BCUT2D eigenvalue weighted by Crippen LogP contribution is 1.97. The van der Waals surface area contributed by atoms with Crippen LogP contribution in [0, 0.1) is 0 Å². The molecule has 0 radical (unpaired) electrons. The van der Waals surface area contributed by atoms with Crippen molar-refractivity contribution in [1.82, 2.24) is 0 Å². The molecule has 0 spiro atoms. The Balaban J connectivity index is 3.29. The summed E-state index contributed by atoms with van der Waals surface area (Å²) in [5.41, 5.74) is 0. The van der Waals surface area contributed by atoms with Crippen LogP contribution in [0.2, 0.25) is 0 Å². The van der Waals surface area contributed by atoms with Crippen molar-refractivity contribution in [2.24, 2.45) is 0 Å². The molecule has 0 heterocycles. The Morgan fingerprint density at radius 2 is 0.676 bits per heavy atom. The summed E-state index contributed by atoms with van der Waals surface area (Å²) in [6.07, 6.45) is 4.29. The molecule has 10 nitrogen and oxygen atoms in total.